The molecular formula is C18H21NO5. The molecule has 0 saturated heterocycles. The monoisotopic (exact) mass is 331 g/mol. The molecule has 0 aliphatic rings. The first-order valence-electron chi connectivity index (χ1n) is 8.08. The molecule has 1 aromatic carbocycles. The average molecular weight is 331 g/mol. The maximum absolute atomic E-state index is 12.1. The molecule has 0 aliphatic carbocycles. The van der Waals surface area contributed by atoms with E-state index in [4.69, 9.17) is 9.15 Å². The van der Waals surface area contributed by atoms with Gasteiger partial charge in [0, 0.05) is 18.4 Å². The van der Waals surface area contributed by atoms with Gasteiger partial charge in [0.05, 0.1) is 6.61 Å². The Balaban J connectivity index is 1.80. The smallest absolute Gasteiger partial charge is 0.349 e. The minimum absolute atomic E-state index is 0.000207. The molecular weight excluding hydrogens is 310 g/mol. The molecule has 0 aliphatic heterocycles. The van der Waals surface area contributed by atoms with Crippen LogP contribution in [-0.2, 0) is 9.53 Å². The zero-order valence-electron chi connectivity index (χ0n) is 13.7. The van der Waals surface area contributed by atoms with Gasteiger partial charge in [-0.1, -0.05) is 24.6 Å². The lowest BCUT2D eigenvalue weighted by molar-refractivity contribution is -0.143. The molecule has 0 radical (unpaired) electrons. The third-order valence-electron chi connectivity index (χ3n) is 3.53. The van der Waals surface area contributed by atoms with Crippen LogP contribution >= 0.6 is 0 Å². The highest BCUT2D eigenvalue weighted by molar-refractivity contribution is 5.96. The van der Waals surface area contributed by atoms with Crippen molar-refractivity contribution >= 4 is 22.8 Å². The Kier molecular flexibility index (Phi) is 6.54. The number of hydrogen-bond donors (Lipinski definition) is 1. The van der Waals surface area contributed by atoms with Crippen LogP contribution in [0.4, 0.5) is 0 Å². The lowest BCUT2D eigenvalue weighted by Crippen LogP contribution is -2.29. The topological polar surface area (TPSA) is 85.6 Å². The zero-order chi connectivity index (χ0) is 17.4. The Morgan fingerprint density at radius 1 is 1.17 bits per heavy atom. The van der Waals surface area contributed by atoms with Gasteiger partial charge in [-0.2, -0.15) is 0 Å². The van der Waals surface area contributed by atoms with Crippen LogP contribution in [-0.4, -0.2) is 25.0 Å². The molecule has 6 heteroatoms. The van der Waals surface area contributed by atoms with Gasteiger partial charge in [0.25, 0.3) is 5.91 Å². The Morgan fingerprint density at radius 2 is 1.96 bits per heavy atom. The fraction of sp³-hybridized carbons (Fsp3) is 0.389. The third kappa shape index (κ3) is 4.94. The SMILES string of the molecule is CCOC(=O)CCCCCNC(=O)c1cc2ccccc2oc1=O. The minimum atomic E-state index is -0.645. The summed E-state index contributed by atoms with van der Waals surface area (Å²) in [5, 5.41) is 3.41. The Hall–Kier alpha value is -2.63. The Labute approximate surface area is 139 Å². The number of nitrogens with one attached hydrogen (secondary N) is 1. The van der Waals surface area contributed by atoms with E-state index in [2.05, 4.69) is 5.32 Å². The van der Waals surface area contributed by atoms with Crippen molar-refractivity contribution in [1.29, 1.82) is 0 Å². The molecule has 24 heavy (non-hydrogen) atoms. The summed E-state index contributed by atoms with van der Waals surface area (Å²) < 4.78 is 9.98. The maximum atomic E-state index is 12.1. The molecule has 0 spiro atoms. The molecule has 1 heterocycles. The van der Waals surface area contributed by atoms with Crippen molar-refractivity contribution in [3.8, 4) is 0 Å². The van der Waals surface area contributed by atoms with E-state index in [-0.39, 0.29) is 11.5 Å². The molecule has 0 unspecified atom stereocenters. The van der Waals surface area contributed by atoms with Gasteiger partial charge in [0.15, 0.2) is 0 Å². The molecule has 0 bridgehead atoms. The van der Waals surface area contributed by atoms with E-state index < -0.39 is 11.5 Å². The predicted molar refractivity (Wildman–Crippen MR) is 89.9 cm³/mol. The summed E-state index contributed by atoms with van der Waals surface area (Å²) in [4.78, 5) is 35.1. The van der Waals surface area contributed by atoms with Gasteiger partial charge in [0.1, 0.15) is 11.1 Å². The summed E-state index contributed by atoms with van der Waals surface area (Å²) in [7, 11) is 0. The predicted octanol–water partition coefficient (Wildman–Crippen LogP) is 2.65. The molecule has 2 rings (SSSR count). The fourth-order valence-corrected chi connectivity index (χ4v) is 2.32. The van der Waals surface area contributed by atoms with E-state index >= 15 is 0 Å². The number of fused-ring (bicyclic) bond motifs is 1. The van der Waals surface area contributed by atoms with Gasteiger partial charge in [-0.15, -0.1) is 0 Å². The van der Waals surface area contributed by atoms with Crippen LogP contribution in [0.2, 0.25) is 0 Å². The van der Waals surface area contributed by atoms with Crippen molar-refractivity contribution in [1.82, 2.24) is 5.32 Å². The van der Waals surface area contributed by atoms with Gasteiger partial charge in [-0.3, -0.25) is 9.59 Å². The molecule has 0 atom stereocenters. The molecule has 1 amide bonds. The minimum Gasteiger partial charge on any atom is -0.466 e. The summed E-state index contributed by atoms with van der Waals surface area (Å²) in [5.41, 5.74) is -0.188. The first kappa shape index (κ1) is 17.7. The van der Waals surface area contributed by atoms with E-state index in [1.54, 1.807) is 25.1 Å². The lowest BCUT2D eigenvalue weighted by atomic mass is 10.1. The third-order valence-corrected chi connectivity index (χ3v) is 3.53. The van der Waals surface area contributed by atoms with E-state index in [1.165, 1.54) is 6.07 Å². The number of esters is 1. The van der Waals surface area contributed by atoms with Crippen molar-refractivity contribution in [3.05, 3.63) is 46.3 Å². The average Bonchev–Trinajstić information content (AvgIpc) is 2.57. The lowest BCUT2D eigenvalue weighted by Gasteiger charge is -2.05. The van der Waals surface area contributed by atoms with E-state index in [9.17, 15) is 14.4 Å². The standard InChI is InChI=1S/C18H21NO5/c1-2-23-16(20)10-4-3-7-11-19-17(21)14-12-13-8-5-6-9-15(13)24-18(14)22/h5-6,8-9,12H,2-4,7,10-11H2,1H3,(H,19,21). The number of carbonyl (C=O) groups is 2. The van der Waals surface area contributed by atoms with Gasteiger partial charge in [-0.25, -0.2) is 4.79 Å². The second-order valence-electron chi connectivity index (χ2n) is 5.36. The quantitative estimate of drug-likeness (QED) is 0.456. The highest BCUT2D eigenvalue weighted by atomic mass is 16.5. The van der Waals surface area contributed by atoms with Crippen molar-refractivity contribution in [2.24, 2.45) is 0 Å². The van der Waals surface area contributed by atoms with E-state index in [0.29, 0.717) is 37.0 Å². The van der Waals surface area contributed by atoms with Crippen molar-refractivity contribution in [2.75, 3.05) is 13.2 Å². The first-order chi connectivity index (χ1) is 11.6. The van der Waals surface area contributed by atoms with Crippen molar-refractivity contribution in [3.63, 3.8) is 0 Å². The maximum Gasteiger partial charge on any atom is 0.349 e. The molecule has 1 N–H and O–H groups in total. The molecule has 128 valence electrons. The number of rotatable bonds is 8. The normalized spacial score (nSPS) is 10.5. The van der Waals surface area contributed by atoms with Crippen LogP contribution in [0.15, 0.2) is 39.5 Å². The second-order valence-corrected chi connectivity index (χ2v) is 5.36. The summed E-state index contributed by atoms with van der Waals surface area (Å²) in [6.45, 7) is 2.61. The van der Waals surface area contributed by atoms with E-state index in [0.717, 1.165) is 12.8 Å². The number of hydrogen-bond acceptors (Lipinski definition) is 5. The van der Waals surface area contributed by atoms with Gasteiger partial charge in [0.2, 0.25) is 0 Å². The molecule has 0 saturated carbocycles. The van der Waals surface area contributed by atoms with Crippen LogP contribution in [0.25, 0.3) is 11.0 Å². The number of ether oxygens (including phenoxy) is 1. The summed E-state index contributed by atoms with van der Waals surface area (Å²) >= 11 is 0. The highest BCUT2D eigenvalue weighted by Crippen LogP contribution is 2.12. The van der Waals surface area contributed by atoms with Gasteiger partial charge >= 0.3 is 11.6 Å². The number of para-hydroxylation sites is 1. The van der Waals surface area contributed by atoms with Crippen LogP contribution < -0.4 is 10.9 Å². The molecule has 1 aromatic heterocycles. The van der Waals surface area contributed by atoms with Crippen LogP contribution in [0.5, 0.6) is 0 Å². The number of unbranched alkanes of at least 4 members (excludes halogenated alkanes) is 2. The molecule has 0 fully saturated rings. The Bertz CT molecular complexity index is 765. The number of carbonyl (C=O) groups excluding carboxylic acids is 2. The number of amides is 1. The van der Waals surface area contributed by atoms with Crippen molar-refractivity contribution in [2.45, 2.75) is 32.6 Å². The largest absolute Gasteiger partial charge is 0.466 e. The fourth-order valence-electron chi connectivity index (χ4n) is 2.32. The van der Waals surface area contributed by atoms with Crippen LogP contribution in [0.1, 0.15) is 43.0 Å². The second kappa shape index (κ2) is 8.86. The van der Waals surface area contributed by atoms with E-state index in [1.807, 2.05) is 6.07 Å². The van der Waals surface area contributed by atoms with Gasteiger partial charge < -0.3 is 14.5 Å². The van der Waals surface area contributed by atoms with Crippen LogP contribution in [0, 0.1) is 0 Å². The number of benzene rings is 1. The van der Waals surface area contributed by atoms with Crippen LogP contribution in [0.3, 0.4) is 0 Å². The summed E-state index contributed by atoms with van der Waals surface area (Å²) in [6.07, 6.45) is 2.62. The highest BCUT2D eigenvalue weighted by Gasteiger charge is 2.12. The first-order valence-corrected chi connectivity index (χ1v) is 8.08. The Morgan fingerprint density at radius 3 is 2.75 bits per heavy atom. The zero-order valence-corrected chi connectivity index (χ0v) is 13.7. The molecule has 6 nitrogen and oxygen atoms in total. The summed E-state index contributed by atoms with van der Waals surface area (Å²) in [5.74, 6) is -0.643. The summed E-state index contributed by atoms with van der Waals surface area (Å²) in [6, 6.07) is 8.58. The van der Waals surface area contributed by atoms with Gasteiger partial charge in [-0.05, 0) is 31.9 Å². The molecule has 2 aromatic rings. The van der Waals surface area contributed by atoms with Crippen molar-refractivity contribution < 1.29 is 18.7 Å².